The molecule has 4 heterocycles. The summed E-state index contributed by atoms with van der Waals surface area (Å²) in [5.41, 5.74) is 1.28. The summed E-state index contributed by atoms with van der Waals surface area (Å²) < 4.78 is 19.6. The molecule has 7 nitrogen and oxygen atoms in total. The summed E-state index contributed by atoms with van der Waals surface area (Å²) in [5.74, 6) is 1.09. The molecule has 1 aliphatic rings. The molecule has 35 heavy (non-hydrogen) atoms. The number of furan rings is 1. The number of hydrogen-bond acceptors (Lipinski definition) is 6. The summed E-state index contributed by atoms with van der Waals surface area (Å²) in [6, 6.07) is 9.81. The van der Waals surface area contributed by atoms with Crippen molar-refractivity contribution in [2.24, 2.45) is 0 Å². The van der Waals surface area contributed by atoms with Crippen LogP contribution in [0.5, 0.6) is 0 Å². The van der Waals surface area contributed by atoms with Crippen molar-refractivity contribution in [1.82, 2.24) is 19.8 Å². The maximum absolute atomic E-state index is 14.0. The highest BCUT2D eigenvalue weighted by Gasteiger charge is 2.21. The Hall–Kier alpha value is -3.56. The van der Waals surface area contributed by atoms with Crippen LogP contribution >= 0.6 is 11.3 Å². The zero-order valence-corrected chi connectivity index (χ0v) is 20.3. The van der Waals surface area contributed by atoms with Gasteiger partial charge in [0.1, 0.15) is 28.0 Å². The van der Waals surface area contributed by atoms with Crippen molar-refractivity contribution in [3.63, 3.8) is 0 Å². The highest BCUT2D eigenvalue weighted by molar-refractivity contribution is 7.18. The van der Waals surface area contributed by atoms with Gasteiger partial charge in [0, 0.05) is 37.1 Å². The molecule has 0 aliphatic carbocycles. The molecule has 0 saturated carbocycles. The van der Waals surface area contributed by atoms with Gasteiger partial charge in [0.05, 0.1) is 17.5 Å². The molecule has 180 valence electrons. The number of halogens is 1. The number of fused-ring (bicyclic) bond motifs is 1. The van der Waals surface area contributed by atoms with Crippen molar-refractivity contribution in [3.8, 4) is 11.3 Å². The number of hydrogen-bond donors (Lipinski definition) is 1. The number of carbonyl (C=O) groups excluding carboxylic acids is 1. The Bertz CT molecular complexity index is 1480. The van der Waals surface area contributed by atoms with Crippen molar-refractivity contribution in [2.45, 2.75) is 20.4 Å². The molecule has 1 N–H and O–H groups in total. The molecular weight excluding hydrogens is 467 g/mol. The molecule has 1 amide bonds. The van der Waals surface area contributed by atoms with E-state index in [2.05, 4.69) is 14.9 Å². The number of aromatic amines is 1. The molecule has 3 aromatic heterocycles. The molecule has 0 radical (unpaired) electrons. The molecule has 0 bridgehead atoms. The van der Waals surface area contributed by atoms with Gasteiger partial charge in [0.2, 0.25) is 5.91 Å². The quantitative estimate of drug-likeness (QED) is 0.419. The fourth-order valence-corrected chi connectivity index (χ4v) is 5.27. The van der Waals surface area contributed by atoms with Crippen LogP contribution < -0.4 is 5.56 Å². The van der Waals surface area contributed by atoms with Crippen molar-refractivity contribution in [3.05, 3.63) is 80.7 Å². The molecule has 1 aliphatic heterocycles. The minimum Gasteiger partial charge on any atom is -0.457 e. The minimum atomic E-state index is -0.355. The Balaban J connectivity index is 1.17. The Morgan fingerprint density at radius 3 is 2.71 bits per heavy atom. The van der Waals surface area contributed by atoms with E-state index in [9.17, 15) is 14.0 Å². The summed E-state index contributed by atoms with van der Waals surface area (Å²) in [7, 11) is 0. The third kappa shape index (κ3) is 4.82. The van der Waals surface area contributed by atoms with Crippen LogP contribution in [0.25, 0.3) is 27.6 Å². The minimum absolute atomic E-state index is 0.0955. The third-order valence-corrected chi connectivity index (χ3v) is 7.40. The van der Waals surface area contributed by atoms with Gasteiger partial charge in [-0.05, 0) is 49.8 Å². The van der Waals surface area contributed by atoms with E-state index in [4.69, 9.17) is 4.42 Å². The van der Waals surface area contributed by atoms with Crippen LogP contribution in [0.15, 0.2) is 51.7 Å². The van der Waals surface area contributed by atoms with Crippen molar-refractivity contribution in [1.29, 1.82) is 0 Å². The van der Waals surface area contributed by atoms with E-state index in [1.54, 1.807) is 52.6 Å². The normalized spacial score (nSPS) is 14.9. The summed E-state index contributed by atoms with van der Waals surface area (Å²) in [4.78, 5) is 38.6. The Morgan fingerprint density at radius 2 is 1.94 bits per heavy atom. The number of thiophene rings is 1. The molecule has 1 saturated heterocycles. The number of nitrogens with zero attached hydrogens (tertiary/aromatic N) is 3. The molecule has 0 spiro atoms. The van der Waals surface area contributed by atoms with Crippen LogP contribution in [0, 0.1) is 19.7 Å². The van der Waals surface area contributed by atoms with Gasteiger partial charge in [-0.25, -0.2) is 9.37 Å². The Kier molecular flexibility index (Phi) is 6.36. The zero-order valence-electron chi connectivity index (χ0n) is 19.5. The summed E-state index contributed by atoms with van der Waals surface area (Å²) in [6.45, 7) is 6.99. The average Bonchev–Trinajstić information content (AvgIpc) is 3.42. The number of H-pyrrole nitrogens is 1. The zero-order chi connectivity index (χ0) is 24.5. The van der Waals surface area contributed by atoms with Crippen LogP contribution in [0.4, 0.5) is 4.39 Å². The molecule has 5 rings (SSSR count). The lowest BCUT2D eigenvalue weighted by molar-refractivity contribution is -0.127. The van der Waals surface area contributed by atoms with Gasteiger partial charge in [-0.2, -0.15) is 0 Å². The monoisotopic (exact) mass is 492 g/mol. The highest BCUT2D eigenvalue weighted by Crippen LogP contribution is 2.26. The lowest BCUT2D eigenvalue weighted by atomic mass is 10.1. The number of aryl methyl sites for hydroxylation is 2. The number of nitrogens with one attached hydrogen (secondary N) is 1. The topological polar surface area (TPSA) is 82.4 Å². The number of carbonyl (C=O) groups is 1. The number of rotatable bonds is 5. The SMILES string of the molecule is Cc1sc2nc(CN3CCN(C(=O)C=Cc4ccc(-c5ccccc5F)o4)CC3)[nH]c(=O)c2c1C. The van der Waals surface area contributed by atoms with Gasteiger partial charge in [-0.3, -0.25) is 14.5 Å². The average molecular weight is 493 g/mol. The van der Waals surface area contributed by atoms with Gasteiger partial charge in [-0.1, -0.05) is 12.1 Å². The fourth-order valence-electron chi connectivity index (χ4n) is 4.22. The summed E-state index contributed by atoms with van der Waals surface area (Å²) >= 11 is 1.54. The van der Waals surface area contributed by atoms with E-state index < -0.39 is 0 Å². The lowest BCUT2D eigenvalue weighted by Crippen LogP contribution is -2.48. The first kappa shape index (κ1) is 23.2. The van der Waals surface area contributed by atoms with Gasteiger partial charge < -0.3 is 14.3 Å². The van der Waals surface area contributed by atoms with E-state index in [1.807, 2.05) is 13.8 Å². The predicted molar refractivity (Wildman–Crippen MR) is 135 cm³/mol. The van der Waals surface area contributed by atoms with E-state index in [0.29, 0.717) is 61.0 Å². The first-order valence-corrected chi connectivity index (χ1v) is 12.2. The smallest absolute Gasteiger partial charge is 0.259 e. The van der Waals surface area contributed by atoms with Gasteiger partial charge in [-0.15, -0.1) is 11.3 Å². The summed E-state index contributed by atoms with van der Waals surface area (Å²) in [6.07, 6.45) is 3.09. The maximum Gasteiger partial charge on any atom is 0.259 e. The first-order chi connectivity index (χ1) is 16.9. The van der Waals surface area contributed by atoms with Crippen molar-refractivity contribution in [2.75, 3.05) is 26.2 Å². The number of benzene rings is 1. The van der Waals surface area contributed by atoms with E-state index >= 15 is 0 Å². The third-order valence-electron chi connectivity index (χ3n) is 6.30. The first-order valence-electron chi connectivity index (χ1n) is 11.4. The fraction of sp³-hybridized carbons (Fsp3) is 0.269. The Labute approximate surface area is 205 Å². The lowest BCUT2D eigenvalue weighted by Gasteiger charge is -2.33. The van der Waals surface area contributed by atoms with E-state index in [1.165, 1.54) is 12.1 Å². The van der Waals surface area contributed by atoms with Crippen LogP contribution in [0.3, 0.4) is 0 Å². The maximum atomic E-state index is 14.0. The molecule has 0 atom stereocenters. The van der Waals surface area contributed by atoms with Gasteiger partial charge in [0.25, 0.3) is 5.56 Å². The predicted octanol–water partition coefficient (Wildman–Crippen LogP) is 4.36. The van der Waals surface area contributed by atoms with Crippen LogP contribution in [-0.2, 0) is 11.3 Å². The van der Waals surface area contributed by atoms with Crippen molar-refractivity contribution < 1.29 is 13.6 Å². The second-order valence-electron chi connectivity index (χ2n) is 8.59. The molecule has 1 aromatic carbocycles. The second kappa shape index (κ2) is 9.59. The standard InChI is InChI=1S/C26H25FN4O3S/c1-16-17(2)35-26-24(16)25(33)28-22(29-26)15-30-11-13-31(14-12-30)23(32)10-8-18-7-9-21(34-18)19-5-3-4-6-20(19)27/h3-10H,11-15H2,1-2H3,(H,28,29,33). The van der Waals surface area contributed by atoms with Gasteiger partial charge >= 0.3 is 0 Å². The molecule has 1 fully saturated rings. The van der Waals surface area contributed by atoms with Crippen LogP contribution in [-0.4, -0.2) is 51.9 Å². The molecule has 0 unspecified atom stereocenters. The number of amides is 1. The second-order valence-corrected chi connectivity index (χ2v) is 9.80. The van der Waals surface area contributed by atoms with E-state index in [0.717, 1.165) is 15.3 Å². The van der Waals surface area contributed by atoms with Gasteiger partial charge in [0.15, 0.2) is 0 Å². The Morgan fingerprint density at radius 1 is 1.17 bits per heavy atom. The van der Waals surface area contributed by atoms with Crippen LogP contribution in [0.2, 0.25) is 0 Å². The number of piperazine rings is 1. The van der Waals surface area contributed by atoms with Crippen molar-refractivity contribution >= 4 is 33.5 Å². The highest BCUT2D eigenvalue weighted by atomic mass is 32.1. The largest absolute Gasteiger partial charge is 0.457 e. The molecule has 9 heteroatoms. The molecular formula is C26H25FN4O3S. The number of aromatic nitrogens is 2. The summed E-state index contributed by atoms with van der Waals surface area (Å²) in [5, 5.41) is 0.677. The molecule has 4 aromatic rings. The van der Waals surface area contributed by atoms with Crippen LogP contribution in [0.1, 0.15) is 22.0 Å². The van der Waals surface area contributed by atoms with E-state index in [-0.39, 0.29) is 17.3 Å².